The molecule has 4 nitrogen and oxygen atoms in total. The van der Waals surface area contributed by atoms with Crippen molar-refractivity contribution in [3.63, 3.8) is 0 Å². The van der Waals surface area contributed by atoms with Crippen LogP contribution in [0.15, 0.2) is 33.5 Å². The summed E-state index contributed by atoms with van der Waals surface area (Å²) in [5.41, 5.74) is 1.54. The predicted molar refractivity (Wildman–Crippen MR) is 86.0 cm³/mol. The van der Waals surface area contributed by atoms with Gasteiger partial charge in [-0.15, -0.1) is 0 Å². The number of H-pyrrole nitrogens is 1. The Labute approximate surface area is 128 Å². The van der Waals surface area contributed by atoms with E-state index in [2.05, 4.69) is 46.8 Å². The van der Waals surface area contributed by atoms with Gasteiger partial charge >= 0.3 is 0 Å². The van der Waals surface area contributed by atoms with E-state index in [1.54, 1.807) is 0 Å². The number of aromatic amines is 1. The molecule has 0 aliphatic heterocycles. The van der Waals surface area contributed by atoms with Crippen LogP contribution in [-0.2, 0) is 5.41 Å². The highest BCUT2D eigenvalue weighted by atomic mass is 79.9. The molecular formula is C14H14BrN3OS. The zero-order chi connectivity index (χ0) is 14.5. The molecule has 0 unspecified atom stereocenters. The summed E-state index contributed by atoms with van der Waals surface area (Å²) in [5.74, 6) is 0. The normalized spacial score (nSPS) is 12.2. The lowest BCUT2D eigenvalue weighted by Crippen LogP contribution is -2.14. The van der Waals surface area contributed by atoms with E-state index in [1.165, 1.54) is 16.0 Å². The number of hydrogen-bond donors (Lipinski definition) is 1. The Balaban J connectivity index is 2.22. The Hall–Kier alpha value is -1.40. The third-order valence-electron chi connectivity index (χ3n) is 3.06. The van der Waals surface area contributed by atoms with Crippen LogP contribution in [0.25, 0.3) is 15.3 Å². The van der Waals surface area contributed by atoms with Crippen molar-refractivity contribution in [2.75, 3.05) is 0 Å². The minimum Gasteiger partial charge on any atom is -0.291 e. The molecule has 0 spiro atoms. The van der Waals surface area contributed by atoms with Crippen molar-refractivity contribution in [2.45, 2.75) is 26.2 Å². The summed E-state index contributed by atoms with van der Waals surface area (Å²) in [6, 6.07) is 7.87. The Morgan fingerprint density at radius 1 is 1.30 bits per heavy atom. The van der Waals surface area contributed by atoms with Gasteiger partial charge in [-0.2, -0.15) is 4.68 Å². The molecule has 1 N–H and O–H groups in total. The number of benzene rings is 1. The molecule has 6 heteroatoms. The number of para-hydroxylation sites is 1. The third kappa shape index (κ3) is 2.13. The van der Waals surface area contributed by atoms with E-state index in [4.69, 9.17) is 0 Å². The minimum absolute atomic E-state index is 0.103. The lowest BCUT2D eigenvalue weighted by molar-refractivity contribution is 0.557. The number of hydrogen-bond acceptors (Lipinski definition) is 3. The number of aromatic nitrogens is 3. The molecule has 0 aliphatic carbocycles. The van der Waals surface area contributed by atoms with E-state index in [0.717, 1.165) is 15.9 Å². The van der Waals surface area contributed by atoms with Crippen LogP contribution in [0.4, 0.5) is 0 Å². The monoisotopic (exact) mass is 351 g/mol. The molecular weight excluding hydrogens is 338 g/mol. The molecule has 2 heterocycles. The number of fused-ring (bicyclic) bond motifs is 1. The average Bonchev–Trinajstić information content (AvgIpc) is 2.91. The van der Waals surface area contributed by atoms with Crippen molar-refractivity contribution in [2.24, 2.45) is 0 Å². The molecule has 0 saturated heterocycles. The van der Waals surface area contributed by atoms with Crippen LogP contribution >= 0.6 is 27.3 Å². The van der Waals surface area contributed by atoms with Crippen molar-refractivity contribution < 1.29 is 0 Å². The van der Waals surface area contributed by atoms with Gasteiger partial charge in [0, 0.05) is 5.41 Å². The number of halogens is 1. The van der Waals surface area contributed by atoms with Gasteiger partial charge in [0.1, 0.15) is 4.47 Å². The average molecular weight is 352 g/mol. The summed E-state index contributed by atoms with van der Waals surface area (Å²) in [6.45, 7) is 6.18. The maximum atomic E-state index is 12.4. The molecule has 0 bridgehead atoms. The fourth-order valence-electron chi connectivity index (χ4n) is 2.00. The highest BCUT2D eigenvalue weighted by Crippen LogP contribution is 2.28. The Kier molecular flexibility index (Phi) is 3.10. The first-order valence-corrected chi connectivity index (χ1v) is 7.86. The summed E-state index contributed by atoms with van der Waals surface area (Å²) >= 11 is 4.89. The summed E-state index contributed by atoms with van der Waals surface area (Å²) in [7, 11) is 0. The lowest BCUT2D eigenvalue weighted by Gasteiger charge is -2.16. The standard InChI is InChI=1S/C14H14BrN3OS/c1-14(2,3)11-10(15)12(19)18(17-11)13-16-8-6-4-5-7-9(8)20-13/h4-7,17H,1-3H3. The van der Waals surface area contributed by atoms with Crippen LogP contribution in [0.1, 0.15) is 26.5 Å². The second-order valence-corrected chi connectivity index (χ2v) is 7.46. The highest BCUT2D eigenvalue weighted by Gasteiger charge is 2.24. The van der Waals surface area contributed by atoms with Gasteiger partial charge in [-0.25, -0.2) is 4.98 Å². The van der Waals surface area contributed by atoms with Crippen LogP contribution in [0.3, 0.4) is 0 Å². The first-order valence-electron chi connectivity index (χ1n) is 6.25. The molecule has 0 aliphatic rings. The van der Waals surface area contributed by atoms with E-state index < -0.39 is 0 Å². The van der Waals surface area contributed by atoms with E-state index in [1.807, 2.05) is 24.3 Å². The largest absolute Gasteiger partial charge is 0.291 e. The fraction of sp³-hybridized carbons (Fsp3) is 0.286. The summed E-state index contributed by atoms with van der Waals surface area (Å²) in [4.78, 5) is 16.9. The van der Waals surface area contributed by atoms with Crippen molar-refractivity contribution in [1.82, 2.24) is 14.8 Å². The zero-order valence-electron chi connectivity index (χ0n) is 11.4. The van der Waals surface area contributed by atoms with Crippen LogP contribution < -0.4 is 5.56 Å². The summed E-state index contributed by atoms with van der Waals surface area (Å²) in [5, 5.41) is 3.83. The van der Waals surface area contributed by atoms with Crippen LogP contribution in [0, 0.1) is 0 Å². The van der Waals surface area contributed by atoms with E-state index in [0.29, 0.717) is 9.60 Å². The van der Waals surface area contributed by atoms with Gasteiger partial charge in [0.2, 0.25) is 5.13 Å². The quantitative estimate of drug-likeness (QED) is 0.724. The summed E-state index contributed by atoms with van der Waals surface area (Å²) < 4.78 is 3.15. The van der Waals surface area contributed by atoms with Gasteiger partial charge in [0.15, 0.2) is 0 Å². The molecule has 0 radical (unpaired) electrons. The number of rotatable bonds is 1. The smallest absolute Gasteiger partial charge is 0.287 e. The fourth-order valence-corrected chi connectivity index (χ4v) is 3.79. The van der Waals surface area contributed by atoms with Crippen molar-refractivity contribution >= 4 is 37.5 Å². The first kappa shape index (κ1) is 13.6. The van der Waals surface area contributed by atoms with Crippen LogP contribution in [0.2, 0.25) is 0 Å². The van der Waals surface area contributed by atoms with Gasteiger partial charge in [-0.3, -0.25) is 9.89 Å². The predicted octanol–water partition coefficient (Wildman–Crippen LogP) is 3.84. The Morgan fingerprint density at radius 3 is 2.60 bits per heavy atom. The second kappa shape index (κ2) is 4.56. The number of thiazole rings is 1. The molecule has 0 amide bonds. The molecule has 3 aromatic rings. The zero-order valence-corrected chi connectivity index (χ0v) is 13.8. The van der Waals surface area contributed by atoms with E-state index in [-0.39, 0.29) is 11.0 Å². The summed E-state index contributed by atoms with van der Waals surface area (Å²) in [6.07, 6.45) is 0. The van der Waals surface area contributed by atoms with E-state index in [9.17, 15) is 4.79 Å². The van der Waals surface area contributed by atoms with E-state index >= 15 is 0 Å². The molecule has 0 fully saturated rings. The molecule has 2 aromatic heterocycles. The lowest BCUT2D eigenvalue weighted by atomic mass is 9.93. The van der Waals surface area contributed by atoms with Gasteiger partial charge < -0.3 is 0 Å². The van der Waals surface area contributed by atoms with Gasteiger partial charge in [-0.05, 0) is 28.1 Å². The van der Waals surface area contributed by atoms with Crippen molar-refractivity contribution in [3.05, 3.63) is 44.8 Å². The topological polar surface area (TPSA) is 50.7 Å². The van der Waals surface area contributed by atoms with Crippen molar-refractivity contribution in [3.8, 4) is 5.13 Å². The van der Waals surface area contributed by atoms with Gasteiger partial charge in [0.05, 0.1) is 15.9 Å². The highest BCUT2D eigenvalue weighted by molar-refractivity contribution is 9.10. The first-order chi connectivity index (χ1) is 9.38. The molecule has 104 valence electrons. The van der Waals surface area contributed by atoms with Gasteiger partial charge in [-0.1, -0.05) is 44.2 Å². The molecule has 20 heavy (non-hydrogen) atoms. The Morgan fingerprint density at radius 2 is 2.00 bits per heavy atom. The molecule has 0 atom stereocenters. The van der Waals surface area contributed by atoms with Crippen LogP contribution in [0.5, 0.6) is 0 Å². The number of nitrogens with one attached hydrogen (secondary N) is 1. The molecule has 1 aromatic carbocycles. The minimum atomic E-state index is -0.139. The maximum absolute atomic E-state index is 12.4. The van der Waals surface area contributed by atoms with Gasteiger partial charge in [0.25, 0.3) is 5.56 Å². The molecule has 0 saturated carbocycles. The third-order valence-corrected chi connectivity index (χ3v) is 4.82. The van der Waals surface area contributed by atoms with Crippen LogP contribution in [-0.4, -0.2) is 14.8 Å². The maximum Gasteiger partial charge on any atom is 0.287 e. The molecule has 3 rings (SSSR count). The second-order valence-electron chi connectivity index (χ2n) is 5.66. The van der Waals surface area contributed by atoms with Crippen molar-refractivity contribution in [1.29, 1.82) is 0 Å². The number of nitrogens with zero attached hydrogens (tertiary/aromatic N) is 2. The Bertz CT molecular complexity index is 805. The SMILES string of the molecule is CC(C)(C)c1[nH]n(-c2nc3ccccc3s2)c(=O)c1Br.